The molecule has 0 aliphatic heterocycles. The van der Waals surface area contributed by atoms with Crippen LogP contribution < -0.4 is 0 Å². The van der Waals surface area contributed by atoms with Crippen LogP contribution in [0.2, 0.25) is 0 Å². The van der Waals surface area contributed by atoms with E-state index in [9.17, 15) is 0 Å². The van der Waals surface area contributed by atoms with Crippen molar-refractivity contribution in [2.45, 2.75) is 33.4 Å². The van der Waals surface area contributed by atoms with Gasteiger partial charge in [-0.3, -0.25) is 0 Å². The molecular formula is C50H38N2S. The van der Waals surface area contributed by atoms with Gasteiger partial charge in [0.1, 0.15) is 0 Å². The Hall–Kier alpha value is -6.29. The van der Waals surface area contributed by atoms with Crippen LogP contribution >= 0.6 is 10.0 Å². The molecule has 0 unspecified atom stereocenters. The summed E-state index contributed by atoms with van der Waals surface area (Å²) in [5.41, 5.74) is 9.70. The first kappa shape index (κ1) is 31.4. The normalized spacial score (nSPS) is 12.3. The summed E-state index contributed by atoms with van der Waals surface area (Å²) in [4.78, 5) is 5.27. The second-order valence-electron chi connectivity index (χ2n) is 14.0. The lowest BCUT2D eigenvalue weighted by Crippen LogP contribution is -2.05. The highest BCUT2D eigenvalue weighted by atomic mass is 32.3. The van der Waals surface area contributed by atoms with E-state index < -0.39 is 10.0 Å². The molecule has 10 aromatic rings. The van der Waals surface area contributed by atoms with Crippen molar-refractivity contribution < 1.29 is 0 Å². The Labute approximate surface area is 311 Å². The number of fused-ring (bicyclic) bond motifs is 6. The molecule has 8 aromatic carbocycles. The summed E-state index contributed by atoms with van der Waals surface area (Å²) in [6.45, 7) is 4.37. The number of benzene rings is 8. The molecule has 0 aliphatic rings. The second kappa shape index (κ2) is 12.4. The lowest BCUT2D eigenvalue weighted by atomic mass is 10.1. The Morgan fingerprint density at radius 1 is 0.302 bits per heavy atom. The molecular weight excluding hydrogens is 661 g/mol. The third-order valence-electron chi connectivity index (χ3n) is 10.7. The van der Waals surface area contributed by atoms with E-state index in [4.69, 9.17) is 0 Å². The van der Waals surface area contributed by atoms with Crippen LogP contribution in [0, 0.1) is 13.8 Å². The standard InChI is InChI=1S/C50H38N2S/c1-35-23-27-47-43(31-35)44-32-36(2)24-28-48(44)52(47)38-25-29-49-45(33-38)46-34-42(26-30-50(46)51(49)37-15-7-3-8-16-37)53(39-17-9-4-10-18-39,40-19-11-5-12-20-40)41-21-13-6-14-22-41/h3-34H,1-2H3. The average molecular weight is 699 g/mol. The molecule has 0 radical (unpaired) electrons. The van der Waals surface area contributed by atoms with Crippen LogP contribution in [0.25, 0.3) is 55.0 Å². The fourth-order valence-electron chi connectivity index (χ4n) is 8.39. The van der Waals surface area contributed by atoms with Crippen molar-refractivity contribution in [3.63, 3.8) is 0 Å². The first-order valence-corrected chi connectivity index (χ1v) is 19.9. The Morgan fingerprint density at radius 3 is 1.17 bits per heavy atom. The Kier molecular flexibility index (Phi) is 7.38. The van der Waals surface area contributed by atoms with E-state index >= 15 is 0 Å². The first-order valence-electron chi connectivity index (χ1n) is 18.3. The monoisotopic (exact) mass is 698 g/mol. The largest absolute Gasteiger partial charge is 0.309 e. The fraction of sp³-hybridized carbons (Fsp3) is 0.0400. The smallest absolute Gasteiger partial charge is 0.0542 e. The molecule has 53 heavy (non-hydrogen) atoms. The topological polar surface area (TPSA) is 9.86 Å². The molecule has 0 bridgehead atoms. The molecule has 2 heterocycles. The van der Waals surface area contributed by atoms with E-state index in [1.54, 1.807) is 0 Å². The SMILES string of the molecule is Cc1ccc2c(c1)c1cc(C)ccc1n2-c1ccc2c(c1)c1cc(S(c3ccccc3)(c3ccccc3)c3ccccc3)ccc1n2-c1ccccc1. The van der Waals surface area contributed by atoms with Gasteiger partial charge in [0.25, 0.3) is 0 Å². The van der Waals surface area contributed by atoms with Crippen molar-refractivity contribution in [1.29, 1.82) is 0 Å². The zero-order chi connectivity index (χ0) is 35.5. The molecule has 10 rings (SSSR count). The predicted molar refractivity (Wildman–Crippen MR) is 225 cm³/mol. The third-order valence-corrected chi connectivity index (χ3v) is 14.6. The van der Waals surface area contributed by atoms with Gasteiger partial charge in [0.15, 0.2) is 0 Å². The van der Waals surface area contributed by atoms with E-state index in [0.717, 1.165) is 11.4 Å². The Bertz CT molecular complexity index is 2790. The van der Waals surface area contributed by atoms with Crippen molar-refractivity contribution in [1.82, 2.24) is 9.13 Å². The molecule has 3 heteroatoms. The molecule has 0 atom stereocenters. The van der Waals surface area contributed by atoms with Crippen molar-refractivity contribution >= 4 is 53.6 Å². The maximum Gasteiger partial charge on any atom is 0.0542 e. The van der Waals surface area contributed by atoms with Crippen LogP contribution in [0.5, 0.6) is 0 Å². The summed E-state index contributed by atoms with van der Waals surface area (Å²) in [6.07, 6.45) is 0. The minimum atomic E-state index is -1.86. The van der Waals surface area contributed by atoms with Gasteiger partial charge in [-0.1, -0.05) is 96.1 Å². The number of para-hydroxylation sites is 1. The number of hydrogen-bond acceptors (Lipinski definition) is 0. The minimum absolute atomic E-state index is 1.16. The summed E-state index contributed by atoms with van der Waals surface area (Å²) < 4.78 is 4.88. The van der Waals surface area contributed by atoms with Gasteiger partial charge in [-0.15, -0.1) is 10.0 Å². The summed E-state index contributed by atoms with van der Waals surface area (Å²) >= 11 is 0. The highest BCUT2D eigenvalue weighted by molar-refractivity contribution is 8.34. The first-order chi connectivity index (χ1) is 26.1. The van der Waals surface area contributed by atoms with Gasteiger partial charge in [-0.05, 0) is 123 Å². The van der Waals surface area contributed by atoms with E-state index in [1.807, 2.05) is 0 Å². The number of aromatic nitrogens is 2. The molecule has 0 fully saturated rings. The van der Waals surface area contributed by atoms with E-state index in [0.29, 0.717) is 0 Å². The average Bonchev–Trinajstić information content (AvgIpc) is 3.71. The summed E-state index contributed by atoms with van der Waals surface area (Å²) in [5.74, 6) is 0. The van der Waals surface area contributed by atoms with Crippen LogP contribution in [0.4, 0.5) is 0 Å². The summed E-state index contributed by atoms with van der Waals surface area (Å²) in [6, 6.07) is 72.2. The van der Waals surface area contributed by atoms with Gasteiger partial charge < -0.3 is 9.13 Å². The number of aryl methyl sites for hydroxylation is 2. The molecule has 254 valence electrons. The van der Waals surface area contributed by atoms with Crippen molar-refractivity contribution in [2.75, 3.05) is 0 Å². The lowest BCUT2D eigenvalue weighted by molar-refractivity contribution is 1.16. The van der Waals surface area contributed by atoms with Gasteiger partial charge in [0.2, 0.25) is 0 Å². The number of rotatable bonds is 6. The quantitative estimate of drug-likeness (QED) is 0.164. The van der Waals surface area contributed by atoms with Crippen molar-refractivity contribution in [3.05, 3.63) is 205 Å². The van der Waals surface area contributed by atoms with E-state index in [2.05, 4.69) is 217 Å². The van der Waals surface area contributed by atoms with Crippen LogP contribution in [-0.2, 0) is 0 Å². The molecule has 0 N–H and O–H groups in total. The molecule has 2 aromatic heterocycles. The second-order valence-corrected chi connectivity index (χ2v) is 17.1. The number of hydrogen-bond donors (Lipinski definition) is 0. The Balaban J connectivity index is 1.32. The van der Waals surface area contributed by atoms with Gasteiger partial charge in [0, 0.05) is 52.5 Å². The van der Waals surface area contributed by atoms with Crippen LogP contribution in [0.15, 0.2) is 214 Å². The molecule has 0 amide bonds. The van der Waals surface area contributed by atoms with Crippen molar-refractivity contribution in [3.8, 4) is 11.4 Å². The number of nitrogens with zero attached hydrogens (tertiary/aromatic N) is 2. The molecule has 2 nitrogen and oxygen atoms in total. The van der Waals surface area contributed by atoms with Crippen LogP contribution in [-0.4, -0.2) is 9.13 Å². The molecule has 0 saturated carbocycles. The molecule has 0 saturated heterocycles. The summed E-state index contributed by atoms with van der Waals surface area (Å²) in [7, 11) is -1.86. The molecule has 0 aliphatic carbocycles. The Morgan fingerprint density at radius 2 is 0.679 bits per heavy atom. The minimum Gasteiger partial charge on any atom is -0.309 e. The maximum absolute atomic E-state index is 2.50. The fourth-order valence-corrected chi connectivity index (χ4v) is 12.3. The summed E-state index contributed by atoms with van der Waals surface area (Å²) in [5, 5.41) is 5.06. The third kappa shape index (κ3) is 4.88. The highest BCUT2D eigenvalue weighted by Gasteiger charge is 2.33. The van der Waals surface area contributed by atoms with E-state index in [1.165, 1.54) is 74.3 Å². The highest BCUT2D eigenvalue weighted by Crippen LogP contribution is 2.73. The predicted octanol–water partition coefficient (Wildman–Crippen LogP) is 13.8. The van der Waals surface area contributed by atoms with Gasteiger partial charge in [-0.2, -0.15) is 0 Å². The van der Waals surface area contributed by atoms with Gasteiger partial charge >= 0.3 is 0 Å². The zero-order valence-electron chi connectivity index (χ0n) is 29.8. The van der Waals surface area contributed by atoms with Crippen LogP contribution in [0.1, 0.15) is 11.1 Å². The van der Waals surface area contributed by atoms with Crippen LogP contribution in [0.3, 0.4) is 0 Å². The zero-order valence-corrected chi connectivity index (χ0v) is 30.6. The van der Waals surface area contributed by atoms with E-state index in [-0.39, 0.29) is 0 Å². The van der Waals surface area contributed by atoms with Gasteiger partial charge in [-0.25, -0.2) is 0 Å². The van der Waals surface area contributed by atoms with Crippen molar-refractivity contribution in [2.24, 2.45) is 0 Å². The molecule has 0 spiro atoms. The van der Waals surface area contributed by atoms with Gasteiger partial charge in [0.05, 0.1) is 22.1 Å². The maximum atomic E-state index is 2.50. The lowest BCUT2D eigenvalue weighted by Gasteiger charge is -2.42.